The zero-order valence-corrected chi connectivity index (χ0v) is 14.4. The van der Waals surface area contributed by atoms with Gasteiger partial charge in [-0.3, -0.25) is 4.79 Å². The Morgan fingerprint density at radius 1 is 1.24 bits per heavy atom. The molecule has 1 aliphatic rings. The Morgan fingerprint density at radius 3 is 2.88 bits per heavy atom. The van der Waals surface area contributed by atoms with Crippen molar-refractivity contribution in [2.75, 3.05) is 6.54 Å². The Kier molecular flexibility index (Phi) is 4.05. The number of carbonyl (C=O) groups is 1. The van der Waals surface area contributed by atoms with Crippen molar-refractivity contribution in [2.45, 2.75) is 25.8 Å². The van der Waals surface area contributed by atoms with Crippen LogP contribution < -0.4 is 0 Å². The molecule has 7 heteroatoms. The van der Waals surface area contributed by atoms with Crippen molar-refractivity contribution >= 4 is 17.5 Å². The molecule has 1 saturated heterocycles. The molecule has 0 spiro atoms. The molecule has 0 radical (unpaired) electrons. The summed E-state index contributed by atoms with van der Waals surface area (Å²) in [6.07, 6.45) is 1.76. The van der Waals surface area contributed by atoms with E-state index in [1.165, 1.54) is 0 Å². The van der Waals surface area contributed by atoms with E-state index < -0.39 is 0 Å². The number of nitrogens with zero attached hydrogens (tertiary/aromatic N) is 3. The van der Waals surface area contributed by atoms with Crippen LogP contribution in [0.25, 0.3) is 11.3 Å². The smallest absolute Gasteiger partial charge is 0.276 e. The Hall–Kier alpha value is -2.60. The van der Waals surface area contributed by atoms with Gasteiger partial charge in [-0.2, -0.15) is 0 Å². The molecule has 1 amide bonds. The predicted molar refractivity (Wildman–Crippen MR) is 91.2 cm³/mol. The van der Waals surface area contributed by atoms with Gasteiger partial charge in [0, 0.05) is 29.3 Å². The lowest BCUT2D eigenvalue weighted by atomic mass is 10.1. The Balaban J connectivity index is 1.58. The highest BCUT2D eigenvalue weighted by Crippen LogP contribution is 2.34. The van der Waals surface area contributed by atoms with Crippen molar-refractivity contribution < 1.29 is 13.8 Å². The molecule has 0 N–H and O–H groups in total. The normalized spacial score (nSPS) is 17.2. The molecule has 0 aliphatic carbocycles. The number of amides is 1. The van der Waals surface area contributed by atoms with Crippen LogP contribution in [0, 0.1) is 6.92 Å². The van der Waals surface area contributed by atoms with E-state index in [0.29, 0.717) is 23.1 Å². The van der Waals surface area contributed by atoms with Gasteiger partial charge in [0.1, 0.15) is 0 Å². The molecule has 1 aliphatic heterocycles. The van der Waals surface area contributed by atoms with Crippen LogP contribution in [0.2, 0.25) is 5.02 Å². The van der Waals surface area contributed by atoms with Crippen LogP contribution in [0.1, 0.15) is 40.8 Å². The summed E-state index contributed by atoms with van der Waals surface area (Å²) < 4.78 is 10.7. The summed E-state index contributed by atoms with van der Waals surface area (Å²) >= 11 is 6.00. The molecule has 0 bridgehead atoms. The topological polar surface area (TPSA) is 72.4 Å². The van der Waals surface area contributed by atoms with Crippen LogP contribution in [0.15, 0.2) is 45.4 Å². The first-order chi connectivity index (χ1) is 12.1. The molecule has 2 aromatic heterocycles. The quantitative estimate of drug-likeness (QED) is 0.700. The lowest BCUT2D eigenvalue weighted by Crippen LogP contribution is -2.30. The summed E-state index contributed by atoms with van der Waals surface area (Å²) in [7, 11) is 0. The van der Waals surface area contributed by atoms with Crippen molar-refractivity contribution in [1.82, 2.24) is 15.2 Å². The second-order valence-electron chi connectivity index (χ2n) is 6.11. The minimum absolute atomic E-state index is 0.111. The number of rotatable bonds is 3. The van der Waals surface area contributed by atoms with Crippen molar-refractivity contribution in [1.29, 1.82) is 0 Å². The summed E-state index contributed by atoms with van der Waals surface area (Å²) in [5, 5.41) is 8.46. The zero-order chi connectivity index (χ0) is 17.4. The van der Waals surface area contributed by atoms with E-state index in [9.17, 15) is 4.79 Å². The lowest BCUT2D eigenvalue weighted by molar-refractivity contribution is 0.0704. The van der Waals surface area contributed by atoms with E-state index in [1.807, 2.05) is 25.1 Å². The zero-order valence-electron chi connectivity index (χ0n) is 13.6. The van der Waals surface area contributed by atoms with Gasteiger partial charge in [0.25, 0.3) is 5.91 Å². The fourth-order valence-electron chi connectivity index (χ4n) is 3.15. The first-order valence-electron chi connectivity index (χ1n) is 8.08. The van der Waals surface area contributed by atoms with E-state index >= 15 is 0 Å². The molecular formula is C18H16ClN3O3. The van der Waals surface area contributed by atoms with Gasteiger partial charge in [-0.05, 0) is 31.9 Å². The van der Waals surface area contributed by atoms with Crippen LogP contribution in [0.4, 0.5) is 0 Å². The summed E-state index contributed by atoms with van der Waals surface area (Å²) in [4.78, 5) is 14.6. The molecule has 3 heterocycles. The highest BCUT2D eigenvalue weighted by Gasteiger charge is 2.34. The minimum Gasteiger partial charge on any atom is -0.359 e. The van der Waals surface area contributed by atoms with Gasteiger partial charge in [-0.25, -0.2) is 0 Å². The van der Waals surface area contributed by atoms with Crippen LogP contribution in [-0.2, 0) is 0 Å². The van der Waals surface area contributed by atoms with Gasteiger partial charge < -0.3 is 13.9 Å². The Labute approximate surface area is 149 Å². The second kappa shape index (κ2) is 6.37. The molecule has 3 aromatic rings. The van der Waals surface area contributed by atoms with Crippen LogP contribution in [0.5, 0.6) is 0 Å². The third-order valence-electron chi connectivity index (χ3n) is 4.33. The number of benzene rings is 1. The summed E-state index contributed by atoms with van der Waals surface area (Å²) in [5.74, 6) is 1.05. The van der Waals surface area contributed by atoms with Crippen molar-refractivity contribution in [3.8, 4) is 11.3 Å². The number of hydrogen-bond donors (Lipinski definition) is 0. The molecule has 1 aromatic carbocycles. The third-order valence-corrected chi connectivity index (χ3v) is 4.56. The molecule has 25 heavy (non-hydrogen) atoms. The molecular weight excluding hydrogens is 342 g/mol. The van der Waals surface area contributed by atoms with E-state index in [-0.39, 0.29) is 17.6 Å². The highest BCUT2D eigenvalue weighted by atomic mass is 35.5. The summed E-state index contributed by atoms with van der Waals surface area (Å²) in [5.41, 5.74) is 1.86. The van der Waals surface area contributed by atoms with E-state index in [4.69, 9.17) is 20.6 Å². The molecule has 128 valence electrons. The van der Waals surface area contributed by atoms with Gasteiger partial charge in [-0.1, -0.05) is 34.0 Å². The molecule has 0 unspecified atom stereocenters. The molecule has 4 rings (SSSR count). The fraction of sp³-hybridized carbons (Fsp3) is 0.278. The number of carbonyl (C=O) groups excluding carboxylic acids is 1. The van der Waals surface area contributed by atoms with Gasteiger partial charge in [0.05, 0.1) is 11.7 Å². The molecule has 6 nitrogen and oxygen atoms in total. The maximum Gasteiger partial charge on any atom is 0.276 e. The van der Waals surface area contributed by atoms with Gasteiger partial charge in [0.2, 0.25) is 0 Å². The van der Waals surface area contributed by atoms with E-state index in [0.717, 1.165) is 24.1 Å². The monoisotopic (exact) mass is 357 g/mol. The van der Waals surface area contributed by atoms with E-state index in [2.05, 4.69) is 10.3 Å². The van der Waals surface area contributed by atoms with Crippen LogP contribution >= 0.6 is 11.6 Å². The van der Waals surface area contributed by atoms with Crippen LogP contribution in [-0.4, -0.2) is 27.7 Å². The van der Waals surface area contributed by atoms with Crippen molar-refractivity contribution in [2.24, 2.45) is 0 Å². The number of aryl methyl sites for hydroxylation is 1. The highest BCUT2D eigenvalue weighted by molar-refractivity contribution is 6.30. The largest absolute Gasteiger partial charge is 0.359 e. The third kappa shape index (κ3) is 3.05. The Bertz CT molecular complexity index is 918. The molecule has 1 atom stereocenters. The minimum atomic E-state index is -0.173. The standard InChI is InChI=1S/C18H16ClN3O3/c1-11-8-17(25-20-11)15-6-3-7-22(15)18(23)14-10-16(24-21-14)12-4-2-5-13(19)9-12/h2,4-5,8-10,15H,3,6-7H2,1H3/t15-/m0/s1. The Morgan fingerprint density at radius 2 is 2.12 bits per heavy atom. The van der Waals surface area contributed by atoms with Gasteiger partial charge in [0.15, 0.2) is 17.2 Å². The van der Waals surface area contributed by atoms with Gasteiger partial charge >= 0.3 is 0 Å². The summed E-state index contributed by atoms with van der Waals surface area (Å²) in [6, 6.07) is 10.6. The van der Waals surface area contributed by atoms with Crippen LogP contribution in [0.3, 0.4) is 0 Å². The summed E-state index contributed by atoms with van der Waals surface area (Å²) in [6.45, 7) is 2.52. The first-order valence-corrected chi connectivity index (χ1v) is 8.46. The van der Waals surface area contributed by atoms with Gasteiger partial charge in [-0.15, -0.1) is 0 Å². The predicted octanol–water partition coefficient (Wildman–Crippen LogP) is 4.27. The van der Waals surface area contributed by atoms with Crippen molar-refractivity contribution in [3.05, 3.63) is 58.6 Å². The lowest BCUT2D eigenvalue weighted by Gasteiger charge is -2.21. The number of hydrogen-bond acceptors (Lipinski definition) is 5. The average Bonchev–Trinajstić information content (AvgIpc) is 3.34. The maximum atomic E-state index is 12.9. The number of likely N-dealkylation sites (tertiary alicyclic amines) is 1. The van der Waals surface area contributed by atoms with E-state index in [1.54, 1.807) is 23.1 Å². The number of aromatic nitrogens is 2. The number of halogens is 1. The maximum absolute atomic E-state index is 12.9. The first kappa shape index (κ1) is 15.9. The van der Waals surface area contributed by atoms with Crippen molar-refractivity contribution in [3.63, 3.8) is 0 Å². The molecule has 1 fully saturated rings. The second-order valence-corrected chi connectivity index (χ2v) is 6.55. The SMILES string of the molecule is Cc1cc([C@@H]2CCCN2C(=O)c2cc(-c3cccc(Cl)c3)on2)on1. The fourth-order valence-corrected chi connectivity index (χ4v) is 3.34. The molecule has 0 saturated carbocycles. The average molecular weight is 358 g/mol.